The van der Waals surface area contributed by atoms with Gasteiger partial charge in [0.25, 0.3) is 0 Å². The van der Waals surface area contributed by atoms with E-state index in [4.69, 9.17) is 0 Å². The lowest BCUT2D eigenvalue weighted by atomic mass is 10.1. The van der Waals surface area contributed by atoms with Crippen LogP contribution in [-0.4, -0.2) is 12.6 Å². The van der Waals surface area contributed by atoms with Crippen LogP contribution in [0.2, 0.25) is 0 Å². The van der Waals surface area contributed by atoms with Crippen molar-refractivity contribution in [3.63, 3.8) is 0 Å². The molecular formula is C8H17N. The van der Waals surface area contributed by atoms with Crippen LogP contribution in [0.25, 0.3) is 0 Å². The SMILES string of the molecule is CCCCC1(NC)CC1. The average Bonchev–Trinajstić information content (AvgIpc) is 2.65. The summed E-state index contributed by atoms with van der Waals surface area (Å²) < 4.78 is 0. The third kappa shape index (κ3) is 1.68. The van der Waals surface area contributed by atoms with Crippen molar-refractivity contribution in [1.82, 2.24) is 5.32 Å². The number of hydrogen-bond donors (Lipinski definition) is 1. The topological polar surface area (TPSA) is 12.0 Å². The largest absolute Gasteiger partial charge is 0.314 e. The second-order valence-corrected chi connectivity index (χ2v) is 3.13. The lowest BCUT2D eigenvalue weighted by Gasteiger charge is -2.11. The Hall–Kier alpha value is -0.0400. The standard InChI is InChI=1S/C8H17N/c1-3-4-5-8(9-2)6-7-8/h9H,3-7H2,1-2H3. The number of nitrogens with one attached hydrogen (secondary N) is 1. The van der Waals surface area contributed by atoms with Crippen LogP contribution in [0, 0.1) is 0 Å². The minimum absolute atomic E-state index is 0.593. The van der Waals surface area contributed by atoms with Gasteiger partial charge >= 0.3 is 0 Å². The summed E-state index contributed by atoms with van der Waals surface area (Å²) in [6, 6.07) is 0. The van der Waals surface area contributed by atoms with Crippen molar-refractivity contribution in [2.75, 3.05) is 7.05 Å². The quantitative estimate of drug-likeness (QED) is 0.608. The fourth-order valence-electron chi connectivity index (χ4n) is 1.29. The van der Waals surface area contributed by atoms with Crippen LogP contribution in [0.4, 0.5) is 0 Å². The van der Waals surface area contributed by atoms with Crippen LogP contribution >= 0.6 is 0 Å². The molecular weight excluding hydrogens is 110 g/mol. The van der Waals surface area contributed by atoms with Crippen molar-refractivity contribution in [2.24, 2.45) is 0 Å². The Balaban J connectivity index is 2.10. The zero-order valence-electron chi connectivity index (χ0n) is 6.54. The van der Waals surface area contributed by atoms with Gasteiger partial charge in [-0.2, -0.15) is 0 Å². The van der Waals surface area contributed by atoms with Crippen LogP contribution in [0.3, 0.4) is 0 Å². The van der Waals surface area contributed by atoms with Crippen molar-refractivity contribution in [2.45, 2.75) is 44.6 Å². The van der Waals surface area contributed by atoms with Crippen LogP contribution in [0.5, 0.6) is 0 Å². The fourth-order valence-corrected chi connectivity index (χ4v) is 1.29. The van der Waals surface area contributed by atoms with E-state index < -0.39 is 0 Å². The molecule has 0 spiro atoms. The van der Waals surface area contributed by atoms with Gasteiger partial charge in [-0.25, -0.2) is 0 Å². The highest BCUT2D eigenvalue weighted by Crippen LogP contribution is 2.39. The first kappa shape index (κ1) is 7.07. The molecule has 0 aromatic carbocycles. The van der Waals surface area contributed by atoms with Gasteiger partial charge in [0, 0.05) is 5.54 Å². The van der Waals surface area contributed by atoms with Crippen molar-refractivity contribution in [1.29, 1.82) is 0 Å². The van der Waals surface area contributed by atoms with E-state index in [1.54, 1.807) is 0 Å². The Morgan fingerprint density at radius 2 is 2.11 bits per heavy atom. The van der Waals surface area contributed by atoms with Crippen LogP contribution in [0.1, 0.15) is 39.0 Å². The number of hydrogen-bond acceptors (Lipinski definition) is 1. The summed E-state index contributed by atoms with van der Waals surface area (Å²) in [6.07, 6.45) is 6.93. The molecule has 0 aromatic heterocycles. The maximum absolute atomic E-state index is 3.39. The molecule has 1 aliphatic carbocycles. The predicted octanol–water partition coefficient (Wildman–Crippen LogP) is 1.93. The van der Waals surface area contributed by atoms with E-state index in [2.05, 4.69) is 19.3 Å². The Bertz CT molecular complexity index is 84.6. The average molecular weight is 127 g/mol. The van der Waals surface area contributed by atoms with Gasteiger partial charge in [-0.3, -0.25) is 0 Å². The molecule has 9 heavy (non-hydrogen) atoms. The molecule has 0 aliphatic heterocycles. The van der Waals surface area contributed by atoms with Crippen LogP contribution in [0.15, 0.2) is 0 Å². The first-order chi connectivity index (χ1) is 4.33. The van der Waals surface area contributed by atoms with Crippen LogP contribution in [-0.2, 0) is 0 Å². The minimum Gasteiger partial charge on any atom is -0.314 e. The van der Waals surface area contributed by atoms with Gasteiger partial charge in [-0.05, 0) is 26.3 Å². The molecule has 1 aliphatic rings. The van der Waals surface area contributed by atoms with Crippen molar-refractivity contribution in [3.05, 3.63) is 0 Å². The van der Waals surface area contributed by atoms with Crippen molar-refractivity contribution < 1.29 is 0 Å². The first-order valence-corrected chi connectivity index (χ1v) is 4.02. The molecule has 1 N–H and O–H groups in total. The molecule has 0 aromatic rings. The predicted molar refractivity (Wildman–Crippen MR) is 40.5 cm³/mol. The first-order valence-electron chi connectivity index (χ1n) is 4.02. The van der Waals surface area contributed by atoms with Gasteiger partial charge < -0.3 is 5.32 Å². The molecule has 1 rings (SSSR count). The molecule has 54 valence electrons. The molecule has 0 saturated heterocycles. The molecule has 0 bridgehead atoms. The Morgan fingerprint density at radius 1 is 1.44 bits per heavy atom. The van der Waals surface area contributed by atoms with Crippen molar-refractivity contribution >= 4 is 0 Å². The van der Waals surface area contributed by atoms with Gasteiger partial charge in [0.2, 0.25) is 0 Å². The molecule has 1 heteroatoms. The summed E-state index contributed by atoms with van der Waals surface area (Å²) in [5.74, 6) is 0. The maximum atomic E-state index is 3.39. The summed E-state index contributed by atoms with van der Waals surface area (Å²) >= 11 is 0. The highest BCUT2D eigenvalue weighted by Gasteiger charge is 2.39. The number of rotatable bonds is 4. The summed E-state index contributed by atoms with van der Waals surface area (Å²) in [6.45, 7) is 2.26. The lowest BCUT2D eigenvalue weighted by Crippen LogP contribution is -2.26. The van der Waals surface area contributed by atoms with E-state index in [1.165, 1.54) is 32.1 Å². The summed E-state index contributed by atoms with van der Waals surface area (Å²) in [7, 11) is 2.09. The molecule has 0 heterocycles. The van der Waals surface area contributed by atoms with E-state index in [1.807, 2.05) is 0 Å². The Labute approximate surface area is 57.8 Å². The molecule has 0 unspecified atom stereocenters. The Morgan fingerprint density at radius 3 is 2.44 bits per heavy atom. The zero-order chi connectivity index (χ0) is 6.74. The van der Waals surface area contributed by atoms with Gasteiger partial charge in [0.15, 0.2) is 0 Å². The second-order valence-electron chi connectivity index (χ2n) is 3.13. The summed E-state index contributed by atoms with van der Waals surface area (Å²) in [4.78, 5) is 0. The highest BCUT2D eigenvalue weighted by atomic mass is 15.0. The van der Waals surface area contributed by atoms with E-state index in [0.29, 0.717) is 5.54 Å². The third-order valence-corrected chi connectivity index (χ3v) is 2.39. The van der Waals surface area contributed by atoms with Crippen molar-refractivity contribution in [3.8, 4) is 0 Å². The summed E-state index contributed by atoms with van der Waals surface area (Å²) in [5, 5.41) is 3.39. The van der Waals surface area contributed by atoms with E-state index in [9.17, 15) is 0 Å². The van der Waals surface area contributed by atoms with Gasteiger partial charge in [0.1, 0.15) is 0 Å². The molecule has 0 amide bonds. The van der Waals surface area contributed by atoms with Gasteiger partial charge in [-0.1, -0.05) is 19.8 Å². The third-order valence-electron chi connectivity index (χ3n) is 2.39. The normalized spacial score (nSPS) is 22.0. The molecule has 1 saturated carbocycles. The van der Waals surface area contributed by atoms with E-state index >= 15 is 0 Å². The highest BCUT2D eigenvalue weighted by molar-refractivity contribution is 5.00. The zero-order valence-corrected chi connectivity index (χ0v) is 6.54. The molecule has 0 atom stereocenters. The maximum Gasteiger partial charge on any atom is 0.0179 e. The second kappa shape index (κ2) is 2.70. The summed E-state index contributed by atoms with van der Waals surface area (Å²) in [5.41, 5.74) is 0.593. The monoisotopic (exact) mass is 127 g/mol. The Kier molecular flexibility index (Phi) is 2.12. The van der Waals surface area contributed by atoms with Crippen LogP contribution < -0.4 is 5.32 Å². The lowest BCUT2D eigenvalue weighted by molar-refractivity contribution is 0.487. The molecule has 1 fully saturated rings. The fraction of sp³-hybridized carbons (Fsp3) is 1.00. The van der Waals surface area contributed by atoms with Gasteiger partial charge in [0.05, 0.1) is 0 Å². The smallest absolute Gasteiger partial charge is 0.0179 e. The minimum atomic E-state index is 0.593. The molecule has 0 radical (unpaired) electrons. The van der Waals surface area contributed by atoms with Gasteiger partial charge in [-0.15, -0.1) is 0 Å². The number of unbranched alkanes of at least 4 members (excludes halogenated alkanes) is 1. The molecule has 1 nitrogen and oxygen atoms in total. The van der Waals surface area contributed by atoms with E-state index in [0.717, 1.165) is 0 Å². The van der Waals surface area contributed by atoms with E-state index in [-0.39, 0.29) is 0 Å².